The third-order valence-corrected chi connectivity index (χ3v) is 9.72. The van der Waals surface area contributed by atoms with Gasteiger partial charge in [0.25, 0.3) is 0 Å². The number of aromatic nitrogens is 3. The van der Waals surface area contributed by atoms with E-state index in [1.165, 1.54) is 24.5 Å². The number of rotatable bonds is 10. The number of nitrogens with zero attached hydrogens (tertiary/aromatic N) is 2. The minimum Gasteiger partial charge on any atom is -0.490 e. The third kappa shape index (κ3) is 5.36. The lowest BCUT2D eigenvalue weighted by atomic mass is 9.85. The summed E-state index contributed by atoms with van der Waals surface area (Å²) in [6.07, 6.45) is 2.83. The van der Waals surface area contributed by atoms with Crippen LogP contribution in [0, 0.1) is 11.6 Å². The Labute approximate surface area is 273 Å². The summed E-state index contributed by atoms with van der Waals surface area (Å²) in [6, 6.07) is 11.2. The van der Waals surface area contributed by atoms with Crippen molar-refractivity contribution >= 4 is 33.2 Å². The first kappa shape index (κ1) is 30.7. The van der Waals surface area contributed by atoms with Gasteiger partial charge in [-0.2, -0.15) is 5.10 Å². The van der Waals surface area contributed by atoms with E-state index < -0.39 is 23.1 Å². The second-order valence-corrected chi connectivity index (χ2v) is 12.6. The van der Waals surface area contributed by atoms with Gasteiger partial charge in [0.1, 0.15) is 35.4 Å². The molecular weight excluding hydrogens is 624 g/mol. The number of thiophene rings is 1. The van der Waals surface area contributed by atoms with Gasteiger partial charge in [-0.25, -0.2) is 13.8 Å². The average molecular weight is 656 g/mol. The Morgan fingerprint density at radius 3 is 2.74 bits per heavy atom. The predicted octanol–water partition coefficient (Wildman–Crippen LogP) is 6.35. The second-order valence-electron chi connectivity index (χ2n) is 11.7. The van der Waals surface area contributed by atoms with Gasteiger partial charge >= 0.3 is 0 Å². The molecule has 0 saturated heterocycles. The molecule has 4 heterocycles. The third-order valence-electron chi connectivity index (χ3n) is 8.79. The minimum atomic E-state index is -0.815. The van der Waals surface area contributed by atoms with Crippen LogP contribution in [0.1, 0.15) is 42.6 Å². The molecule has 2 aliphatic rings. The number of benzene rings is 2. The van der Waals surface area contributed by atoms with Crippen LogP contribution >= 0.6 is 11.3 Å². The molecule has 12 heteroatoms. The molecule has 2 aromatic carbocycles. The van der Waals surface area contributed by atoms with Gasteiger partial charge in [0.05, 0.1) is 35.0 Å². The smallest absolute Gasteiger partial charge is 0.243 e. The van der Waals surface area contributed by atoms with Gasteiger partial charge in [-0.15, -0.1) is 11.3 Å². The van der Waals surface area contributed by atoms with E-state index in [0.717, 1.165) is 47.1 Å². The van der Waals surface area contributed by atoms with E-state index in [9.17, 15) is 14.0 Å². The fraction of sp³-hybridized carbons (Fsp3) is 0.257. The number of ether oxygens (including phenoxy) is 2. The lowest BCUT2D eigenvalue weighted by Gasteiger charge is -2.26. The Morgan fingerprint density at radius 1 is 1.15 bits per heavy atom. The summed E-state index contributed by atoms with van der Waals surface area (Å²) < 4.78 is 42.3. The second kappa shape index (κ2) is 12.0. The first-order valence-electron chi connectivity index (χ1n) is 15.2. The molecule has 240 valence electrons. The molecule has 1 aliphatic carbocycles. The van der Waals surface area contributed by atoms with Crippen molar-refractivity contribution in [2.45, 2.75) is 37.8 Å². The molecule has 2 amide bonds. The molecule has 3 N–H and O–H groups in total. The molecule has 0 bridgehead atoms. The van der Waals surface area contributed by atoms with Crippen LogP contribution in [0.4, 0.5) is 8.78 Å². The monoisotopic (exact) mass is 655 g/mol. The summed E-state index contributed by atoms with van der Waals surface area (Å²) in [5, 5.41) is 16.0. The maximum atomic E-state index is 16.0. The maximum Gasteiger partial charge on any atom is 0.243 e. The molecule has 1 fully saturated rings. The highest BCUT2D eigenvalue weighted by Gasteiger charge is 2.53. The highest BCUT2D eigenvalue weighted by atomic mass is 32.1. The minimum absolute atomic E-state index is 0.00618. The quantitative estimate of drug-likeness (QED) is 0.119. The molecule has 9 nitrogen and oxygen atoms in total. The Bertz CT molecular complexity index is 2070. The first-order valence-corrected chi connectivity index (χ1v) is 16.0. The number of fused-ring (bicyclic) bond motifs is 3. The van der Waals surface area contributed by atoms with Gasteiger partial charge in [-0.1, -0.05) is 18.7 Å². The number of carbonyl (C=O) groups excluding carboxylic acids is 2. The number of halogens is 2. The Hall–Kier alpha value is -4.94. The standard InChI is InChI=1S/C35H31F2N5O4S/c1-4-28(43)39-18(2)25-16-26(42-41-25)32-30(29-24(37)14-21(36)15-27(29)46-11-10-45-3)33-22(7-12-47-33)31(40-32)19-5-6-23-20(13-19)17-38-34(44)35(23)8-9-35/h4-7,12-16,18H,1,8-11,17H2,2-3H3,(H,38,44)(H,39,43)(H,41,42). The van der Waals surface area contributed by atoms with Gasteiger partial charge in [-0.05, 0) is 60.5 Å². The topological polar surface area (TPSA) is 118 Å². The number of amides is 2. The fourth-order valence-corrected chi connectivity index (χ4v) is 7.22. The molecule has 3 aromatic heterocycles. The van der Waals surface area contributed by atoms with E-state index in [4.69, 9.17) is 14.5 Å². The molecule has 1 aliphatic heterocycles. The van der Waals surface area contributed by atoms with Gasteiger partial charge in [-0.3, -0.25) is 14.7 Å². The van der Waals surface area contributed by atoms with Gasteiger partial charge in [0, 0.05) is 47.0 Å². The Balaban J connectivity index is 1.45. The van der Waals surface area contributed by atoms with Crippen LogP contribution in [0.5, 0.6) is 5.75 Å². The molecule has 7 rings (SSSR count). The van der Waals surface area contributed by atoms with Crippen molar-refractivity contribution < 1.29 is 27.8 Å². The van der Waals surface area contributed by atoms with Crippen LogP contribution in [-0.2, 0) is 26.3 Å². The number of carbonyl (C=O) groups is 2. The Kier molecular flexibility index (Phi) is 7.85. The van der Waals surface area contributed by atoms with Crippen LogP contribution in [0.25, 0.3) is 43.9 Å². The van der Waals surface area contributed by atoms with E-state index in [0.29, 0.717) is 39.6 Å². The molecule has 1 saturated carbocycles. The van der Waals surface area contributed by atoms with Crippen LogP contribution < -0.4 is 15.4 Å². The molecular formula is C35H31F2N5O4S. The zero-order valence-corrected chi connectivity index (χ0v) is 26.5. The van der Waals surface area contributed by atoms with Crippen LogP contribution in [0.15, 0.2) is 60.5 Å². The van der Waals surface area contributed by atoms with Crippen molar-refractivity contribution in [2.75, 3.05) is 20.3 Å². The fourth-order valence-electron chi connectivity index (χ4n) is 6.28. The highest BCUT2D eigenvalue weighted by Crippen LogP contribution is 2.52. The summed E-state index contributed by atoms with van der Waals surface area (Å²) in [5.74, 6) is -1.87. The molecule has 47 heavy (non-hydrogen) atoms. The average Bonchev–Trinajstić information content (AvgIpc) is 3.43. The van der Waals surface area contributed by atoms with Crippen molar-refractivity contribution in [2.24, 2.45) is 0 Å². The van der Waals surface area contributed by atoms with Gasteiger partial charge in [0.15, 0.2) is 0 Å². The zero-order chi connectivity index (χ0) is 32.9. The van der Waals surface area contributed by atoms with Crippen LogP contribution in [0.3, 0.4) is 0 Å². The maximum absolute atomic E-state index is 16.0. The van der Waals surface area contributed by atoms with E-state index >= 15 is 4.39 Å². The number of hydrogen-bond acceptors (Lipinski definition) is 7. The van der Waals surface area contributed by atoms with Crippen LogP contribution in [-0.4, -0.2) is 47.3 Å². The first-order chi connectivity index (χ1) is 22.7. The van der Waals surface area contributed by atoms with Crippen molar-refractivity contribution in [1.29, 1.82) is 0 Å². The number of methoxy groups -OCH3 is 1. The predicted molar refractivity (Wildman–Crippen MR) is 175 cm³/mol. The number of H-pyrrole nitrogens is 1. The molecule has 5 aromatic rings. The molecule has 0 radical (unpaired) electrons. The highest BCUT2D eigenvalue weighted by molar-refractivity contribution is 7.18. The van der Waals surface area contributed by atoms with Crippen molar-refractivity contribution in [1.82, 2.24) is 25.8 Å². The number of hydrogen-bond donors (Lipinski definition) is 3. The Morgan fingerprint density at radius 2 is 1.98 bits per heavy atom. The molecule has 1 spiro atoms. The number of aromatic amines is 1. The summed E-state index contributed by atoms with van der Waals surface area (Å²) in [5.41, 5.74) is 4.85. The van der Waals surface area contributed by atoms with Crippen molar-refractivity contribution in [3.8, 4) is 39.5 Å². The molecule has 1 unspecified atom stereocenters. The summed E-state index contributed by atoms with van der Waals surface area (Å²) >= 11 is 1.40. The summed E-state index contributed by atoms with van der Waals surface area (Å²) in [6.45, 7) is 6.01. The van der Waals surface area contributed by atoms with Crippen molar-refractivity contribution in [3.05, 3.63) is 89.0 Å². The molecule has 1 atom stereocenters. The van der Waals surface area contributed by atoms with Gasteiger partial charge in [0.2, 0.25) is 11.8 Å². The van der Waals surface area contributed by atoms with Crippen LogP contribution in [0.2, 0.25) is 0 Å². The zero-order valence-electron chi connectivity index (χ0n) is 25.7. The summed E-state index contributed by atoms with van der Waals surface area (Å²) in [7, 11) is 1.51. The lowest BCUT2D eigenvalue weighted by Crippen LogP contribution is -2.39. The summed E-state index contributed by atoms with van der Waals surface area (Å²) in [4.78, 5) is 29.8. The van der Waals surface area contributed by atoms with E-state index in [1.54, 1.807) is 13.0 Å². The van der Waals surface area contributed by atoms with E-state index in [-0.39, 0.29) is 36.3 Å². The SMILES string of the molecule is C=CC(=O)NC(C)c1cc(-c2nc(-c3ccc4c(c3)CNC(=O)C43CC3)c3ccsc3c2-c2c(F)cc(F)cc2OCCOC)n[nH]1. The number of pyridine rings is 1. The van der Waals surface area contributed by atoms with E-state index in [2.05, 4.69) is 33.5 Å². The van der Waals surface area contributed by atoms with E-state index in [1.807, 2.05) is 23.6 Å². The lowest BCUT2D eigenvalue weighted by molar-refractivity contribution is -0.124. The van der Waals surface area contributed by atoms with Gasteiger partial charge < -0.3 is 20.1 Å². The van der Waals surface area contributed by atoms with Crippen molar-refractivity contribution in [3.63, 3.8) is 0 Å². The normalized spacial score (nSPS) is 15.3. The largest absolute Gasteiger partial charge is 0.490 e. The number of nitrogens with one attached hydrogen (secondary N) is 3.